The number of allylic oxidation sites excluding steroid dienone is 5. The molecular formula is C16H34N2O. The van der Waals surface area contributed by atoms with E-state index in [9.17, 15) is 0 Å². The van der Waals surface area contributed by atoms with E-state index in [4.69, 9.17) is 16.6 Å². The van der Waals surface area contributed by atoms with Crippen molar-refractivity contribution in [2.24, 2.45) is 17.4 Å². The third-order valence-corrected chi connectivity index (χ3v) is 2.27. The van der Waals surface area contributed by atoms with Crippen molar-refractivity contribution in [2.45, 2.75) is 47.1 Å². The molecule has 0 bridgehead atoms. The summed E-state index contributed by atoms with van der Waals surface area (Å²) in [7, 11) is 0. The topological polar surface area (TPSA) is 72.3 Å². The standard InChI is InChI=1S/C8H12.C6H16N2O.C2H6/c1-4-6-7-8(3)5-2;1-5(4-9)2-6(8)3-7;1-2/h4-7H,1H2,2-3H3;5-6,9H,2-4,7-8H2,1H3;1-2H3/b7-6-,8-5-;;. The van der Waals surface area contributed by atoms with Crippen LogP contribution < -0.4 is 11.5 Å². The number of hydrogen-bond acceptors (Lipinski definition) is 3. The predicted octanol–water partition coefficient (Wildman–Crippen LogP) is 3.01. The quantitative estimate of drug-likeness (QED) is 0.650. The highest BCUT2D eigenvalue weighted by Crippen LogP contribution is 2.01. The molecule has 0 saturated carbocycles. The summed E-state index contributed by atoms with van der Waals surface area (Å²) in [5, 5.41) is 8.58. The van der Waals surface area contributed by atoms with Crippen molar-refractivity contribution in [3.8, 4) is 0 Å². The molecule has 0 fully saturated rings. The highest BCUT2D eigenvalue weighted by Gasteiger charge is 2.04. The van der Waals surface area contributed by atoms with E-state index in [1.165, 1.54) is 5.57 Å². The normalized spacial score (nSPS) is 13.8. The van der Waals surface area contributed by atoms with Crippen LogP contribution in [0.1, 0.15) is 41.0 Å². The Morgan fingerprint density at radius 2 is 1.89 bits per heavy atom. The Kier molecular flexibility index (Phi) is 23.7. The number of hydrogen-bond donors (Lipinski definition) is 3. The average molecular weight is 270 g/mol. The van der Waals surface area contributed by atoms with E-state index in [0.29, 0.717) is 6.54 Å². The van der Waals surface area contributed by atoms with Gasteiger partial charge >= 0.3 is 0 Å². The summed E-state index contributed by atoms with van der Waals surface area (Å²) < 4.78 is 0. The maximum Gasteiger partial charge on any atom is 0.0457 e. The first-order valence-corrected chi connectivity index (χ1v) is 7.00. The lowest BCUT2D eigenvalue weighted by Gasteiger charge is -2.12. The van der Waals surface area contributed by atoms with E-state index < -0.39 is 0 Å². The van der Waals surface area contributed by atoms with Crippen LogP contribution in [0, 0.1) is 5.92 Å². The number of aliphatic hydroxyl groups is 1. The highest BCUT2D eigenvalue weighted by molar-refractivity contribution is 5.18. The zero-order chi connectivity index (χ0) is 15.7. The monoisotopic (exact) mass is 270 g/mol. The zero-order valence-corrected chi connectivity index (χ0v) is 13.4. The second-order valence-electron chi connectivity index (χ2n) is 4.15. The summed E-state index contributed by atoms with van der Waals surface area (Å²) in [6.07, 6.45) is 8.59. The molecule has 0 rings (SSSR count). The van der Waals surface area contributed by atoms with E-state index in [0.717, 1.165) is 6.42 Å². The van der Waals surface area contributed by atoms with Crippen LogP contribution in [-0.4, -0.2) is 24.3 Å². The van der Waals surface area contributed by atoms with Crippen LogP contribution in [0.4, 0.5) is 0 Å². The lowest BCUT2D eigenvalue weighted by atomic mass is 10.0. The Labute approximate surface area is 120 Å². The molecule has 0 radical (unpaired) electrons. The molecule has 0 aromatic rings. The van der Waals surface area contributed by atoms with Crippen LogP contribution in [0.2, 0.25) is 0 Å². The molecular weight excluding hydrogens is 236 g/mol. The minimum Gasteiger partial charge on any atom is -0.396 e. The zero-order valence-electron chi connectivity index (χ0n) is 13.4. The third-order valence-electron chi connectivity index (χ3n) is 2.27. The Bertz CT molecular complexity index is 227. The molecule has 0 aromatic carbocycles. The van der Waals surface area contributed by atoms with Gasteiger partial charge in [-0.15, -0.1) is 0 Å². The van der Waals surface area contributed by atoms with Gasteiger partial charge in [-0.1, -0.05) is 57.2 Å². The van der Waals surface area contributed by atoms with Gasteiger partial charge in [-0.3, -0.25) is 0 Å². The summed E-state index contributed by atoms with van der Waals surface area (Å²) in [6, 6.07) is 0.0483. The smallest absolute Gasteiger partial charge is 0.0457 e. The Morgan fingerprint density at radius 1 is 1.37 bits per heavy atom. The van der Waals surface area contributed by atoms with Gasteiger partial charge in [-0.05, 0) is 26.2 Å². The third kappa shape index (κ3) is 22.7. The van der Waals surface area contributed by atoms with Gasteiger partial charge in [-0.2, -0.15) is 0 Å². The molecule has 0 aliphatic carbocycles. The molecule has 114 valence electrons. The molecule has 0 aliphatic rings. The van der Waals surface area contributed by atoms with Crippen molar-refractivity contribution in [2.75, 3.05) is 13.2 Å². The van der Waals surface area contributed by atoms with E-state index in [1.54, 1.807) is 6.08 Å². The molecule has 0 heterocycles. The predicted molar refractivity (Wildman–Crippen MR) is 88.0 cm³/mol. The van der Waals surface area contributed by atoms with E-state index in [-0.39, 0.29) is 18.6 Å². The van der Waals surface area contributed by atoms with Gasteiger partial charge in [-0.25, -0.2) is 0 Å². The SMILES string of the molecule is C=C/C=C\C(C)=C/C.CC.CC(CO)CC(N)CN. The summed E-state index contributed by atoms with van der Waals surface area (Å²) in [5.41, 5.74) is 12.1. The fourth-order valence-corrected chi connectivity index (χ4v) is 1.00. The highest BCUT2D eigenvalue weighted by atomic mass is 16.3. The van der Waals surface area contributed by atoms with Crippen LogP contribution in [-0.2, 0) is 0 Å². The summed E-state index contributed by atoms with van der Waals surface area (Å²) in [6.45, 7) is 14.3. The fourth-order valence-electron chi connectivity index (χ4n) is 1.00. The van der Waals surface area contributed by atoms with Crippen LogP contribution >= 0.6 is 0 Å². The first-order valence-electron chi connectivity index (χ1n) is 7.00. The Morgan fingerprint density at radius 3 is 2.21 bits per heavy atom. The van der Waals surface area contributed by atoms with Crippen molar-refractivity contribution in [3.05, 3.63) is 36.5 Å². The number of nitrogens with two attached hydrogens (primary N) is 2. The molecule has 2 atom stereocenters. The van der Waals surface area contributed by atoms with Gasteiger partial charge in [0.25, 0.3) is 0 Å². The van der Waals surface area contributed by atoms with Gasteiger partial charge in [0.05, 0.1) is 0 Å². The van der Waals surface area contributed by atoms with Crippen molar-refractivity contribution in [1.29, 1.82) is 0 Å². The molecule has 19 heavy (non-hydrogen) atoms. The maximum absolute atomic E-state index is 8.58. The summed E-state index contributed by atoms with van der Waals surface area (Å²) in [4.78, 5) is 0. The number of aliphatic hydroxyl groups excluding tert-OH is 1. The van der Waals surface area contributed by atoms with Crippen LogP contribution in [0.15, 0.2) is 36.5 Å². The van der Waals surface area contributed by atoms with Gasteiger partial charge in [0.15, 0.2) is 0 Å². The molecule has 3 nitrogen and oxygen atoms in total. The Balaban J connectivity index is -0.000000239. The first kappa shape index (κ1) is 23.2. The molecule has 0 spiro atoms. The van der Waals surface area contributed by atoms with Gasteiger partial charge < -0.3 is 16.6 Å². The lowest BCUT2D eigenvalue weighted by Crippen LogP contribution is -2.31. The van der Waals surface area contributed by atoms with E-state index >= 15 is 0 Å². The maximum atomic E-state index is 8.58. The number of rotatable bonds is 6. The second-order valence-corrected chi connectivity index (χ2v) is 4.15. The van der Waals surface area contributed by atoms with Crippen molar-refractivity contribution < 1.29 is 5.11 Å². The van der Waals surface area contributed by atoms with E-state index in [1.807, 2.05) is 39.8 Å². The molecule has 0 saturated heterocycles. The fraction of sp³-hybridized carbons (Fsp3) is 0.625. The van der Waals surface area contributed by atoms with Crippen molar-refractivity contribution in [1.82, 2.24) is 0 Å². The molecule has 0 amide bonds. The van der Waals surface area contributed by atoms with Crippen molar-refractivity contribution in [3.63, 3.8) is 0 Å². The Hall–Kier alpha value is -0.900. The average Bonchev–Trinajstić information content (AvgIpc) is 2.46. The van der Waals surface area contributed by atoms with Gasteiger partial charge in [0.2, 0.25) is 0 Å². The molecule has 2 unspecified atom stereocenters. The minimum absolute atomic E-state index is 0.0483. The molecule has 5 N–H and O–H groups in total. The molecule has 0 aromatic heterocycles. The second kappa shape index (κ2) is 19.4. The largest absolute Gasteiger partial charge is 0.396 e. The first-order chi connectivity index (χ1) is 9.01. The van der Waals surface area contributed by atoms with Crippen LogP contribution in [0.25, 0.3) is 0 Å². The van der Waals surface area contributed by atoms with Crippen LogP contribution in [0.5, 0.6) is 0 Å². The minimum atomic E-state index is 0.0483. The summed E-state index contributed by atoms with van der Waals surface area (Å²) in [5.74, 6) is 0.281. The summed E-state index contributed by atoms with van der Waals surface area (Å²) >= 11 is 0. The lowest BCUT2D eigenvalue weighted by molar-refractivity contribution is 0.224. The van der Waals surface area contributed by atoms with Gasteiger partial charge in [0, 0.05) is 19.2 Å². The van der Waals surface area contributed by atoms with Crippen molar-refractivity contribution >= 4 is 0 Å². The van der Waals surface area contributed by atoms with Gasteiger partial charge in [0.1, 0.15) is 0 Å². The molecule has 0 aliphatic heterocycles. The van der Waals surface area contributed by atoms with E-state index in [2.05, 4.69) is 19.6 Å². The van der Waals surface area contributed by atoms with Crippen LogP contribution in [0.3, 0.4) is 0 Å². The molecule has 3 heteroatoms.